The Morgan fingerprint density at radius 1 is 0.685 bits per heavy atom. The predicted octanol–water partition coefficient (Wildman–Crippen LogP) is 10.3. The van der Waals surface area contributed by atoms with Crippen LogP contribution in [0.1, 0.15) is 86.6 Å². The maximum absolute atomic E-state index is 6.80. The molecule has 9 unspecified atom stereocenters. The number of allylic oxidation sites excluding steroid dienone is 15. The van der Waals surface area contributed by atoms with Crippen LogP contribution in [0.3, 0.4) is 0 Å². The lowest BCUT2D eigenvalue weighted by Crippen LogP contribution is -2.65. The second-order valence-electron chi connectivity index (χ2n) is 16.8. The van der Waals surface area contributed by atoms with Gasteiger partial charge in [-0.25, -0.2) is 0 Å². The molecule has 2 heterocycles. The fourth-order valence-corrected chi connectivity index (χ4v) is 11.6. The Balaban J connectivity index is 0.954. The minimum Gasteiger partial charge on any atom is -0.490 e. The molecular weight excluding hydrogens is 659 g/mol. The molecule has 0 saturated carbocycles. The summed E-state index contributed by atoms with van der Waals surface area (Å²) in [7, 11) is 0. The fraction of sp³-hybridized carbons (Fsp3) is 0.360. The van der Waals surface area contributed by atoms with Crippen molar-refractivity contribution in [1.82, 2.24) is 16.0 Å². The zero-order chi connectivity index (χ0) is 35.6. The summed E-state index contributed by atoms with van der Waals surface area (Å²) < 4.78 is 6.80. The van der Waals surface area contributed by atoms with Crippen LogP contribution in [0.25, 0.3) is 11.1 Å². The van der Waals surface area contributed by atoms with Gasteiger partial charge in [0, 0.05) is 41.1 Å². The number of ether oxygens (including phenoxy) is 1. The van der Waals surface area contributed by atoms with Gasteiger partial charge in [0.25, 0.3) is 0 Å². The zero-order valence-electron chi connectivity index (χ0n) is 31.1. The van der Waals surface area contributed by atoms with Crippen molar-refractivity contribution in [1.29, 1.82) is 0 Å². The van der Waals surface area contributed by atoms with Crippen molar-refractivity contribution in [3.05, 3.63) is 178 Å². The molecule has 0 bridgehead atoms. The van der Waals surface area contributed by atoms with Gasteiger partial charge in [-0.2, -0.15) is 0 Å². The molecule has 2 aliphatic heterocycles. The normalized spacial score (nSPS) is 35.7. The van der Waals surface area contributed by atoms with Gasteiger partial charge < -0.3 is 4.74 Å². The molecule has 9 aliphatic rings. The predicted molar refractivity (Wildman–Crippen MR) is 219 cm³/mol. The molecule has 1 spiro atoms. The molecule has 272 valence electrons. The molecule has 0 amide bonds. The van der Waals surface area contributed by atoms with Crippen molar-refractivity contribution in [3.63, 3.8) is 0 Å². The Bertz CT molecular complexity index is 2170. The monoisotopic (exact) mass is 709 g/mol. The van der Waals surface area contributed by atoms with Crippen molar-refractivity contribution >= 4 is 0 Å². The molecule has 1 fully saturated rings. The molecular formula is C50H51N3O. The standard InChI is InChI=1S/C50H51N3O/c1-2-14-34(15-3-1)47-51-48(53-49(52-47)37-30-25-32-13-4-5-16-36(32)31-37)35-28-26-33(27-29-35)38-18-12-22-43-46(38)39-17-6-7-19-40(39)50(43)41-20-8-10-23-44(41)54-45-24-11-9-21-42(45)50/h2,6-10,12,14-15,17-23,25-30,37,39-41,44,47-49,51-53H,1,3-5,11,13,16,24,31H2. The first-order valence-electron chi connectivity index (χ1n) is 20.8. The van der Waals surface area contributed by atoms with Crippen molar-refractivity contribution in [3.8, 4) is 11.1 Å². The van der Waals surface area contributed by atoms with Crippen LogP contribution < -0.4 is 16.0 Å². The van der Waals surface area contributed by atoms with E-state index in [0.29, 0.717) is 17.8 Å². The van der Waals surface area contributed by atoms with Gasteiger partial charge in [-0.1, -0.05) is 133 Å². The molecule has 9 atom stereocenters. The molecule has 4 heteroatoms. The third-order valence-electron chi connectivity index (χ3n) is 14.0. The van der Waals surface area contributed by atoms with E-state index in [0.717, 1.165) is 32.1 Å². The number of hydrogen-bond donors (Lipinski definition) is 3. The van der Waals surface area contributed by atoms with Crippen LogP contribution in [-0.2, 0) is 10.2 Å². The molecule has 7 aliphatic carbocycles. The lowest BCUT2D eigenvalue weighted by atomic mass is 9.56. The molecule has 3 N–H and O–H groups in total. The highest BCUT2D eigenvalue weighted by Gasteiger charge is 2.61. The first kappa shape index (κ1) is 32.9. The summed E-state index contributed by atoms with van der Waals surface area (Å²) in [5.41, 5.74) is 12.8. The highest BCUT2D eigenvalue weighted by Crippen LogP contribution is 2.65. The summed E-state index contributed by atoms with van der Waals surface area (Å²) in [5.74, 6) is 2.49. The van der Waals surface area contributed by atoms with E-state index < -0.39 is 0 Å². The lowest BCUT2D eigenvalue weighted by Gasteiger charge is -2.51. The van der Waals surface area contributed by atoms with Crippen LogP contribution in [0.4, 0.5) is 0 Å². The van der Waals surface area contributed by atoms with Gasteiger partial charge in [0.15, 0.2) is 0 Å². The molecule has 11 rings (SSSR count). The van der Waals surface area contributed by atoms with E-state index in [1.54, 1.807) is 11.1 Å². The first-order valence-corrected chi connectivity index (χ1v) is 20.8. The van der Waals surface area contributed by atoms with Crippen LogP contribution in [-0.4, -0.2) is 18.4 Å². The van der Waals surface area contributed by atoms with E-state index in [2.05, 4.69) is 150 Å². The van der Waals surface area contributed by atoms with E-state index in [-0.39, 0.29) is 35.9 Å². The third kappa shape index (κ3) is 5.21. The van der Waals surface area contributed by atoms with Gasteiger partial charge in [0.1, 0.15) is 11.9 Å². The largest absolute Gasteiger partial charge is 0.490 e. The number of hydrogen-bond acceptors (Lipinski definition) is 4. The van der Waals surface area contributed by atoms with E-state index in [1.807, 2.05) is 0 Å². The van der Waals surface area contributed by atoms with Crippen LogP contribution in [0.5, 0.6) is 0 Å². The Morgan fingerprint density at radius 2 is 1.52 bits per heavy atom. The summed E-state index contributed by atoms with van der Waals surface area (Å²) in [5, 5.41) is 12.0. The molecule has 0 radical (unpaired) electrons. The van der Waals surface area contributed by atoms with E-state index in [9.17, 15) is 0 Å². The minimum atomic E-state index is -0.176. The van der Waals surface area contributed by atoms with E-state index >= 15 is 0 Å². The fourth-order valence-electron chi connectivity index (χ4n) is 11.6. The molecule has 0 aromatic heterocycles. The van der Waals surface area contributed by atoms with Gasteiger partial charge in [0.05, 0.1) is 18.5 Å². The average Bonchev–Trinajstić information content (AvgIpc) is 3.54. The van der Waals surface area contributed by atoms with Crippen LogP contribution in [0, 0.1) is 17.8 Å². The molecule has 2 aromatic rings. The maximum atomic E-state index is 6.80. The Labute approximate surface area is 320 Å². The van der Waals surface area contributed by atoms with Gasteiger partial charge >= 0.3 is 0 Å². The average molecular weight is 710 g/mol. The van der Waals surface area contributed by atoms with Crippen LogP contribution in [0.2, 0.25) is 0 Å². The zero-order valence-corrected chi connectivity index (χ0v) is 31.1. The molecule has 1 saturated heterocycles. The second kappa shape index (κ2) is 13.4. The van der Waals surface area contributed by atoms with Crippen molar-refractivity contribution in [2.45, 2.75) is 93.7 Å². The van der Waals surface area contributed by atoms with Gasteiger partial charge in [-0.05, 0) is 96.4 Å². The Morgan fingerprint density at radius 3 is 2.43 bits per heavy atom. The minimum absolute atomic E-state index is 0.0379. The molecule has 4 nitrogen and oxygen atoms in total. The quantitative estimate of drug-likeness (QED) is 0.296. The van der Waals surface area contributed by atoms with Crippen LogP contribution >= 0.6 is 0 Å². The molecule has 54 heavy (non-hydrogen) atoms. The second-order valence-corrected chi connectivity index (χ2v) is 16.8. The molecule has 2 aromatic carbocycles. The first-order chi connectivity index (χ1) is 26.8. The number of benzene rings is 2. The highest BCUT2D eigenvalue weighted by atomic mass is 16.5. The summed E-state index contributed by atoms with van der Waals surface area (Å²) in [6, 6.07) is 16.6. The number of fused-ring (bicyclic) bond motifs is 8. The number of rotatable bonds is 4. The lowest BCUT2D eigenvalue weighted by molar-refractivity contribution is 0.0426. The van der Waals surface area contributed by atoms with Crippen molar-refractivity contribution in [2.24, 2.45) is 17.8 Å². The van der Waals surface area contributed by atoms with Gasteiger partial charge in [0.2, 0.25) is 0 Å². The third-order valence-corrected chi connectivity index (χ3v) is 14.0. The van der Waals surface area contributed by atoms with Crippen LogP contribution in [0.15, 0.2) is 162 Å². The summed E-state index contributed by atoms with van der Waals surface area (Å²) >= 11 is 0. The maximum Gasteiger partial charge on any atom is 0.124 e. The smallest absolute Gasteiger partial charge is 0.124 e. The number of nitrogens with one attached hydrogen (secondary N) is 3. The van der Waals surface area contributed by atoms with E-state index in [4.69, 9.17) is 4.74 Å². The van der Waals surface area contributed by atoms with Crippen molar-refractivity contribution in [2.75, 3.05) is 0 Å². The Hall–Kier alpha value is -4.48. The SMILES string of the molecule is C1=CC2OC3=C(C=CCC3)C3(c4cccc(-c5ccc(C6NC(C7=CCCC=C7)NC(C7C=CC8=C(CCCC8)C7)N6)cc5)c4C4C=CC=CC43)C2C=C1. The van der Waals surface area contributed by atoms with E-state index in [1.165, 1.54) is 70.4 Å². The van der Waals surface area contributed by atoms with Gasteiger partial charge in [-0.15, -0.1) is 0 Å². The summed E-state index contributed by atoms with van der Waals surface area (Å²) in [6.07, 6.45) is 46.4. The Kier molecular flexibility index (Phi) is 8.15. The topological polar surface area (TPSA) is 45.3 Å². The summed E-state index contributed by atoms with van der Waals surface area (Å²) in [6.45, 7) is 0. The summed E-state index contributed by atoms with van der Waals surface area (Å²) in [4.78, 5) is 0. The van der Waals surface area contributed by atoms with Crippen molar-refractivity contribution < 1.29 is 4.74 Å². The highest BCUT2D eigenvalue weighted by molar-refractivity contribution is 5.76. The van der Waals surface area contributed by atoms with Gasteiger partial charge in [-0.3, -0.25) is 16.0 Å².